The van der Waals surface area contributed by atoms with Gasteiger partial charge in [-0.2, -0.15) is 13.2 Å². The van der Waals surface area contributed by atoms with E-state index < -0.39 is 11.9 Å². The first-order valence-corrected chi connectivity index (χ1v) is 5.20. The minimum Gasteiger partial charge on any atom is -0.399 e. The average molecular weight is 253 g/mol. The third-order valence-electron chi connectivity index (χ3n) is 2.50. The van der Waals surface area contributed by atoms with Crippen LogP contribution in [0.5, 0.6) is 0 Å². The molecule has 0 radical (unpaired) electrons. The number of fused-ring (bicyclic) bond motifs is 1. The van der Waals surface area contributed by atoms with Crippen LogP contribution in [0.4, 0.5) is 13.2 Å². The molecule has 2 aliphatic carbocycles. The highest BCUT2D eigenvalue weighted by Gasteiger charge is 2.39. The van der Waals surface area contributed by atoms with E-state index >= 15 is 0 Å². The molecule has 0 bridgehead atoms. The van der Waals surface area contributed by atoms with Crippen molar-refractivity contribution in [3.05, 3.63) is 48.0 Å². The Labute approximate surface area is 102 Å². The standard InChI is InChI=1S/C13H10F3NO/c1-18-17-12(13(14,15)16)11-8-7-9-5-3-2-4-6-10(9)11/h2-8H,1H3. The Morgan fingerprint density at radius 3 is 2.44 bits per heavy atom. The summed E-state index contributed by atoms with van der Waals surface area (Å²) in [6, 6.07) is 11.6. The van der Waals surface area contributed by atoms with Gasteiger partial charge in [-0.3, -0.25) is 0 Å². The molecule has 0 aromatic carbocycles. The average Bonchev–Trinajstić information content (AvgIpc) is 2.54. The fourth-order valence-corrected chi connectivity index (χ4v) is 1.77. The lowest BCUT2D eigenvalue weighted by molar-refractivity contribution is -0.0607. The summed E-state index contributed by atoms with van der Waals surface area (Å²) in [5.74, 6) is 0. The van der Waals surface area contributed by atoms with E-state index in [2.05, 4.69) is 9.99 Å². The molecule has 0 spiro atoms. The lowest BCUT2D eigenvalue weighted by Gasteiger charge is -2.09. The molecule has 94 valence electrons. The molecule has 2 rings (SSSR count). The molecule has 0 amide bonds. The second-order valence-corrected chi connectivity index (χ2v) is 3.65. The van der Waals surface area contributed by atoms with Gasteiger partial charge in [0.05, 0.1) is 0 Å². The van der Waals surface area contributed by atoms with Gasteiger partial charge in [-0.25, -0.2) is 0 Å². The van der Waals surface area contributed by atoms with Gasteiger partial charge < -0.3 is 4.84 Å². The van der Waals surface area contributed by atoms with Crippen LogP contribution < -0.4 is 0 Å². The maximum absolute atomic E-state index is 12.9. The van der Waals surface area contributed by atoms with Crippen molar-refractivity contribution in [3.63, 3.8) is 0 Å². The van der Waals surface area contributed by atoms with Crippen LogP contribution in [0.25, 0.3) is 11.1 Å². The highest BCUT2D eigenvalue weighted by atomic mass is 19.4. The Balaban J connectivity index is 2.59. The van der Waals surface area contributed by atoms with Crippen LogP contribution in [0.2, 0.25) is 0 Å². The van der Waals surface area contributed by atoms with Crippen molar-refractivity contribution in [2.75, 3.05) is 7.11 Å². The quantitative estimate of drug-likeness (QED) is 0.590. The van der Waals surface area contributed by atoms with Gasteiger partial charge in [-0.1, -0.05) is 47.6 Å². The van der Waals surface area contributed by atoms with Crippen LogP contribution in [0.15, 0.2) is 47.6 Å². The number of alkyl halides is 3. The van der Waals surface area contributed by atoms with Crippen LogP contribution in [0.3, 0.4) is 0 Å². The number of hydrogen-bond donors (Lipinski definition) is 0. The maximum atomic E-state index is 12.9. The van der Waals surface area contributed by atoms with Gasteiger partial charge in [0.2, 0.25) is 0 Å². The van der Waals surface area contributed by atoms with Gasteiger partial charge in [0, 0.05) is 5.56 Å². The summed E-state index contributed by atoms with van der Waals surface area (Å²) < 4.78 is 38.6. The third kappa shape index (κ3) is 2.30. The van der Waals surface area contributed by atoms with Gasteiger partial charge in [0.1, 0.15) is 7.11 Å². The second-order valence-electron chi connectivity index (χ2n) is 3.65. The van der Waals surface area contributed by atoms with Gasteiger partial charge in [-0.15, -0.1) is 0 Å². The van der Waals surface area contributed by atoms with Crippen LogP contribution in [-0.2, 0) is 4.84 Å². The smallest absolute Gasteiger partial charge is 0.399 e. The van der Waals surface area contributed by atoms with E-state index in [1.807, 2.05) is 0 Å². The highest BCUT2D eigenvalue weighted by molar-refractivity contribution is 6.09. The minimum atomic E-state index is -4.55. The van der Waals surface area contributed by atoms with E-state index in [9.17, 15) is 13.2 Å². The molecule has 0 fully saturated rings. The lowest BCUT2D eigenvalue weighted by atomic mass is 10.1. The van der Waals surface area contributed by atoms with E-state index in [0.717, 1.165) is 12.7 Å². The summed E-state index contributed by atoms with van der Waals surface area (Å²) in [7, 11) is 1.09. The van der Waals surface area contributed by atoms with Gasteiger partial charge >= 0.3 is 6.18 Å². The van der Waals surface area contributed by atoms with Crippen molar-refractivity contribution < 1.29 is 18.0 Å². The summed E-state index contributed by atoms with van der Waals surface area (Å²) in [4.78, 5) is 4.29. The summed E-state index contributed by atoms with van der Waals surface area (Å²) in [5, 5.41) is 3.10. The van der Waals surface area contributed by atoms with Crippen molar-refractivity contribution >= 4 is 5.71 Å². The summed E-state index contributed by atoms with van der Waals surface area (Å²) >= 11 is 0. The molecule has 0 aromatic heterocycles. The lowest BCUT2D eigenvalue weighted by Crippen LogP contribution is -2.24. The summed E-state index contributed by atoms with van der Waals surface area (Å²) in [6.07, 6.45) is -4.55. The Hall–Kier alpha value is -2.04. The maximum Gasteiger partial charge on any atom is 0.437 e. The Kier molecular flexibility index (Phi) is 3.23. The zero-order valence-electron chi connectivity index (χ0n) is 9.53. The van der Waals surface area contributed by atoms with Gasteiger partial charge in [0.25, 0.3) is 0 Å². The molecule has 0 saturated heterocycles. The third-order valence-corrected chi connectivity index (χ3v) is 2.50. The van der Waals surface area contributed by atoms with E-state index in [0.29, 0.717) is 5.56 Å². The number of halogens is 3. The van der Waals surface area contributed by atoms with E-state index in [4.69, 9.17) is 0 Å². The summed E-state index contributed by atoms with van der Waals surface area (Å²) in [6.45, 7) is 0. The molecule has 0 N–H and O–H groups in total. The molecule has 2 nitrogen and oxygen atoms in total. The number of oxime groups is 1. The first-order valence-electron chi connectivity index (χ1n) is 5.20. The molecule has 5 heteroatoms. The molecule has 2 aliphatic rings. The minimum absolute atomic E-state index is 0.0237. The van der Waals surface area contributed by atoms with Gasteiger partial charge in [0.15, 0.2) is 5.71 Å². The molecule has 0 heterocycles. The van der Waals surface area contributed by atoms with Crippen molar-refractivity contribution in [2.24, 2.45) is 5.16 Å². The summed E-state index contributed by atoms with van der Waals surface area (Å²) in [5.41, 5.74) is 0.220. The van der Waals surface area contributed by atoms with Crippen molar-refractivity contribution in [3.8, 4) is 11.1 Å². The number of hydrogen-bond acceptors (Lipinski definition) is 2. The van der Waals surface area contributed by atoms with Crippen molar-refractivity contribution in [1.29, 1.82) is 0 Å². The normalized spacial score (nSPS) is 12.8. The largest absolute Gasteiger partial charge is 0.437 e. The Morgan fingerprint density at radius 1 is 1.06 bits per heavy atom. The van der Waals surface area contributed by atoms with E-state index in [-0.39, 0.29) is 5.56 Å². The monoisotopic (exact) mass is 253 g/mol. The predicted octanol–water partition coefficient (Wildman–Crippen LogP) is 3.70. The fraction of sp³-hybridized carbons (Fsp3) is 0.154. The van der Waals surface area contributed by atoms with Gasteiger partial charge in [-0.05, 0) is 11.1 Å². The number of rotatable bonds is 2. The topological polar surface area (TPSA) is 21.6 Å². The SMILES string of the molecule is CON=C(c1ccc2cccccc1-2)C(F)(F)F. The molecule has 18 heavy (non-hydrogen) atoms. The predicted molar refractivity (Wildman–Crippen MR) is 62.7 cm³/mol. The molecule has 0 aliphatic heterocycles. The van der Waals surface area contributed by atoms with Crippen molar-refractivity contribution in [1.82, 2.24) is 0 Å². The zero-order valence-corrected chi connectivity index (χ0v) is 9.53. The van der Waals surface area contributed by atoms with Crippen LogP contribution >= 0.6 is 0 Å². The fourth-order valence-electron chi connectivity index (χ4n) is 1.77. The Morgan fingerprint density at radius 2 is 1.78 bits per heavy atom. The van der Waals surface area contributed by atoms with E-state index in [1.54, 1.807) is 36.4 Å². The highest BCUT2D eigenvalue weighted by Crippen LogP contribution is 2.32. The van der Waals surface area contributed by atoms with Crippen LogP contribution in [-0.4, -0.2) is 19.0 Å². The van der Waals surface area contributed by atoms with Crippen LogP contribution in [0, 0.1) is 0 Å². The first kappa shape index (κ1) is 12.4. The molecular weight excluding hydrogens is 243 g/mol. The number of nitrogens with zero attached hydrogens (tertiary/aromatic N) is 1. The second kappa shape index (κ2) is 4.68. The first-order chi connectivity index (χ1) is 8.54. The zero-order chi connectivity index (χ0) is 13.2. The molecule has 0 saturated carbocycles. The molecular formula is C13H10F3NO. The van der Waals surface area contributed by atoms with Crippen molar-refractivity contribution in [2.45, 2.75) is 6.18 Å². The van der Waals surface area contributed by atoms with Crippen LogP contribution in [0.1, 0.15) is 5.56 Å². The van der Waals surface area contributed by atoms with E-state index in [1.165, 1.54) is 6.07 Å². The molecule has 0 atom stereocenters. The Bertz CT molecular complexity index is 548. The molecule has 0 aromatic rings. The molecule has 0 unspecified atom stereocenters.